The van der Waals surface area contributed by atoms with Crippen molar-refractivity contribution >= 4 is 0 Å². The molecule has 0 saturated carbocycles. The van der Waals surface area contributed by atoms with Gasteiger partial charge in [-0.15, -0.1) is 0 Å². The van der Waals surface area contributed by atoms with E-state index in [1.807, 2.05) is 0 Å². The van der Waals surface area contributed by atoms with Gasteiger partial charge in [0.15, 0.2) is 0 Å². The van der Waals surface area contributed by atoms with Crippen LogP contribution >= 0.6 is 0 Å². The molecule has 0 aromatic rings. The molecule has 0 fully saturated rings. The Morgan fingerprint density at radius 2 is 1.85 bits per heavy atom. The molecule has 0 radical (unpaired) electrons. The summed E-state index contributed by atoms with van der Waals surface area (Å²) in [7, 11) is 0. The maximum atomic E-state index is 2.44. The van der Waals surface area contributed by atoms with E-state index < -0.39 is 0 Å². The van der Waals surface area contributed by atoms with E-state index in [1.54, 1.807) is 11.1 Å². The largest absolute Gasteiger partial charge is 0.0856 e. The second-order valence-corrected chi connectivity index (χ2v) is 6.60. The summed E-state index contributed by atoms with van der Waals surface area (Å²) >= 11 is 0. The molecule has 0 spiro atoms. The Kier molecular flexibility index (Phi) is 7.65. The smallest absolute Gasteiger partial charge is 0.0225 e. The summed E-state index contributed by atoms with van der Waals surface area (Å²) in [6.07, 6.45) is 16.9. The van der Waals surface area contributed by atoms with Gasteiger partial charge in [-0.1, -0.05) is 53.5 Å². The van der Waals surface area contributed by atoms with Gasteiger partial charge in [-0.2, -0.15) is 0 Å². The van der Waals surface area contributed by atoms with Crippen molar-refractivity contribution in [3.63, 3.8) is 0 Å². The summed E-state index contributed by atoms with van der Waals surface area (Å²) in [5, 5.41) is 0. The van der Waals surface area contributed by atoms with Crippen LogP contribution in [0.4, 0.5) is 0 Å². The Labute approximate surface area is 126 Å². The van der Waals surface area contributed by atoms with Crippen molar-refractivity contribution in [3.05, 3.63) is 46.6 Å². The van der Waals surface area contributed by atoms with Gasteiger partial charge in [-0.25, -0.2) is 0 Å². The fraction of sp³-hybridized carbons (Fsp3) is 0.600. The first kappa shape index (κ1) is 17.0. The summed E-state index contributed by atoms with van der Waals surface area (Å²) in [6, 6.07) is 0. The molecule has 1 aliphatic rings. The molecular weight excluding hydrogens is 240 g/mol. The monoisotopic (exact) mass is 272 g/mol. The average Bonchev–Trinajstić information content (AvgIpc) is 2.39. The third kappa shape index (κ3) is 6.93. The van der Waals surface area contributed by atoms with Crippen molar-refractivity contribution in [1.82, 2.24) is 0 Å². The van der Waals surface area contributed by atoms with Crippen LogP contribution in [0.25, 0.3) is 0 Å². The molecule has 112 valence electrons. The van der Waals surface area contributed by atoms with E-state index in [9.17, 15) is 0 Å². The molecule has 1 rings (SSSR count). The first-order valence-electron chi connectivity index (χ1n) is 8.14. The van der Waals surface area contributed by atoms with E-state index in [0.717, 1.165) is 5.92 Å². The molecular formula is C20H32. The zero-order chi connectivity index (χ0) is 15.0. The van der Waals surface area contributed by atoms with E-state index in [1.165, 1.54) is 49.7 Å². The van der Waals surface area contributed by atoms with Crippen molar-refractivity contribution in [2.45, 2.75) is 73.1 Å². The molecule has 20 heavy (non-hydrogen) atoms. The van der Waals surface area contributed by atoms with Crippen LogP contribution in [0.5, 0.6) is 0 Å². The first-order chi connectivity index (χ1) is 9.49. The molecule has 0 aromatic heterocycles. The van der Waals surface area contributed by atoms with Gasteiger partial charge in [-0.05, 0) is 72.1 Å². The van der Waals surface area contributed by atoms with Gasteiger partial charge < -0.3 is 0 Å². The fourth-order valence-electron chi connectivity index (χ4n) is 2.62. The zero-order valence-corrected chi connectivity index (χ0v) is 14.1. The van der Waals surface area contributed by atoms with Gasteiger partial charge in [0.05, 0.1) is 0 Å². The van der Waals surface area contributed by atoms with Crippen molar-refractivity contribution in [2.24, 2.45) is 5.92 Å². The molecule has 1 atom stereocenters. The van der Waals surface area contributed by atoms with Crippen LogP contribution in [0, 0.1) is 5.92 Å². The molecule has 0 unspecified atom stereocenters. The van der Waals surface area contributed by atoms with Gasteiger partial charge in [0.2, 0.25) is 0 Å². The lowest BCUT2D eigenvalue weighted by Gasteiger charge is -2.18. The van der Waals surface area contributed by atoms with Crippen molar-refractivity contribution < 1.29 is 0 Å². The lowest BCUT2D eigenvalue weighted by atomic mass is 9.88. The van der Waals surface area contributed by atoms with E-state index in [2.05, 4.69) is 58.9 Å². The van der Waals surface area contributed by atoms with E-state index in [4.69, 9.17) is 0 Å². The third-order valence-corrected chi connectivity index (χ3v) is 4.21. The van der Waals surface area contributed by atoms with Gasteiger partial charge in [0.25, 0.3) is 0 Å². The minimum absolute atomic E-state index is 0.737. The summed E-state index contributed by atoms with van der Waals surface area (Å²) in [4.78, 5) is 0. The molecule has 0 aliphatic heterocycles. The predicted molar refractivity (Wildman–Crippen MR) is 91.9 cm³/mol. The highest BCUT2D eigenvalue weighted by Gasteiger charge is 2.10. The SMILES string of the molecule is CC(C)=CCC/C(C)=C/CC[C@H](C)C1=CC=C(C)CC1. The van der Waals surface area contributed by atoms with Crippen LogP contribution in [-0.4, -0.2) is 0 Å². The molecule has 0 aromatic carbocycles. The first-order valence-corrected chi connectivity index (χ1v) is 8.14. The molecule has 0 saturated heterocycles. The Hall–Kier alpha value is -1.04. The summed E-state index contributed by atoms with van der Waals surface area (Å²) in [6.45, 7) is 11.2. The van der Waals surface area contributed by atoms with E-state index >= 15 is 0 Å². The van der Waals surface area contributed by atoms with Crippen molar-refractivity contribution in [2.75, 3.05) is 0 Å². The second-order valence-electron chi connectivity index (χ2n) is 6.60. The summed E-state index contributed by atoms with van der Waals surface area (Å²) in [5.74, 6) is 0.737. The van der Waals surface area contributed by atoms with E-state index in [-0.39, 0.29) is 0 Å². The Balaban J connectivity index is 2.30. The maximum Gasteiger partial charge on any atom is -0.0225 e. The topological polar surface area (TPSA) is 0 Å². The third-order valence-electron chi connectivity index (χ3n) is 4.21. The van der Waals surface area contributed by atoms with Gasteiger partial charge in [0.1, 0.15) is 0 Å². The molecule has 0 heteroatoms. The Bertz CT molecular complexity index is 411. The number of allylic oxidation sites excluding steroid dienone is 8. The molecule has 1 aliphatic carbocycles. The Morgan fingerprint density at radius 3 is 2.45 bits per heavy atom. The summed E-state index contributed by atoms with van der Waals surface area (Å²) in [5.41, 5.74) is 6.14. The average molecular weight is 272 g/mol. The normalized spacial score (nSPS) is 17.4. The van der Waals surface area contributed by atoms with Crippen LogP contribution in [-0.2, 0) is 0 Å². The molecule has 0 N–H and O–H groups in total. The van der Waals surface area contributed by atoms with Crippen LogP contribution in [0.2, 0.25) is 0 Å². The van der Waals surface area contributed by atoms with Crippen LogP contribution in [0.1, 0.15) is 73.1 Å². The lowest BCUT2D eigenvalue weighted by molar-refractivity contribution is 0.589. The second kappa shape index (κ2) is 9.00. The van der Waals surface area contributed by atoms with Gasteiger partial charge in [0, 0.05) is 0 Å². The highest BCUT2D eigenvalue weighted by molar-refractivity contribution is 5.24. The van der Waals surface area contributed by atoms with Gasteiger partial charge >= 0.3 is 0 Å². The predicted octanol–water partition coefficient (Wildman–Crippen LogP) is 6.76. The molecule has 0 heterocycles. The van der Waals surface area contributed by atoms with E-state index in [0.29, 0.717) is 0 Å². The molecule has 0 bridgehead atoms. The van der Waals surface area contributed by atoms with Crippen LogP contribution in [0.3, 0.4) is 0 Å². The zero-order valence-electron chi connectivity index (χ0n) is 14.1. The number of rotatable bonds is 7. The van der Waals surface area contributed by atoms with Crippen molar-refractivity contribution in [3.8, 4) is 0 Å². The quantitative estimate of drug-likeness (QED) is 0.449. The minimum Gasteiger partial charge on any atom is -0.0856 e. The highest BCUT2D eigenvalue weighted by Crippen LogP contribution is 2.27. The van der Waals surface area contributed by atoms with Crippen LogP contribution < -0.4 is 0 Å². The Morgan fingerprint density at radius 1 is 1.10 bits per heavy atom. The van der Waals surface area contributed by atoms with Crippen LogP contribution in [0.15, 0.2) is 46.6 Å². The maximum absolute atomic E-state index is 2.44. The standard InChI is InChI=1S/C20H32/c1-16(2)8-6-9-17(3)10-7-11-19(5)20-14-12-18(4)13-15-20/h8,10,12,14,19H,6-7,9,11,13,15H2,1-5H3/b17-10+/t19-/m0/s1. The molecule has 0 nitrogen and oxygen atoms in total. The fourth-order valence-corrected chi connectivity index (χ4v) is 2.62. The number of hydrogen-bond acceptors (Lipinski definition) is 0. The van der Waals surface area contributed by atoms with Gasteiger partial charge in [-0.3, -0.25) is 0 Å². The summed E-state index contributed by atoms with van der Waals surface area (Å²) < 4.78 is 0. The highest BCUT2D eigenvalue weighted by atomic mass is 14.2. The molecule has 0 amide bonds. The number of hydrogen-bond donors (Lipinski definition) is 0. The van der Waals surface area contributed by atoms with Crippen molar-refractivity contribution in [1.29, 1.82) is 0 Å². The minimum atomic E-state index is 0.737. The lowest BCUT2D eigenvalue weighted by Crippen LogP contribution is -2.02.